The van der Waals surface area contributed by atoms with E-state index < -0.39 is 4.92 Å². The van der Waals surface area contributed by atoms with Crippen molar-refractivity contribution in [1.29, 1.82) is 0 Å². The third kappa shape index (κ3) is 4.72. The molecule has 0 bridgehead atoms. The molecule has 0 aliphatic heterocycles. The van der Waals surface area contributed by atoms with Crippen LogP contribution in [0.2, 0.25) is 0 Å². The third-order valence-electron chi connectivity index (χ3n) is 5.07. The molecule has 30 heavy (non-hydrogen) atoms. The van der Waals surface area contributed by atoms with Crippen molar-refractivity contribution in [3.8, 4) is 5.69 Å². The van der Waals surface area contributed by atoms with E-state index in [-0.39, 0.29) is 23.2 Å². The second-order valence-electron chi connectivity index (χ2n) is 7.22. The van der Waals surface area contributed by atoms with Crippen LogP contribution in [-0.4, -0.2) is 45.9 Å². The fourth-order valence-electron chi connectivity index (χ4n) is 3.30. The van der Waals surface area contributed by atoms with Crippen LogP contribution in [0.5, 0.6) is 0 Å². The Balaban J connectivity index is 1.77. The van der Waals surface area contributed by atoms with Crippen LogP contribution < -0.4 is 5.32 Å². The van der Waals surface area contributed by atoms with E-state index in [1.165, 1.54) is 18.0 Å². The molecule has 1 unspecified atom stereocenters. The maximum atomic E-state index is 12.7. The lowest BCUT2D eigenvalue weighted by Gasteiger charge is -2.25. The van der Waals surface area contributed by atoms with Crippen LogP contribution in [0.15, 0.2) is 61.2 Å². The summed E-state index contributed by atoms with van der Waals surface area (Å²) in [5.41, 5.74) is 2.80. The molecule has 0 fully saturated rings. The zero-order valence-electron chi connectivity index (χ0n) is 17.3. The van der Waals surface area contributed by atoms with Gasteiger partial charge in [-0.2, -0.15) is 0 Å². The number of hydrogen-bond donors (Lipinski definition) is 1. The lowest BCUT2D eigenvalue weighted by atomic mass is 10.0. The molecule has 0 radical (unpaired) electrons. The van der Waals surface area contributed by atoms with E-state index in [0.29, 0.717) is 12.2 Å². The van der Waals surface area contributed by atoms with Crippen molar-refractivity contribution < 1.29 is 9.72 Å². The SMILES string of the molecule is CCc1ccc(C(CNC(=O)c2ccc(-n3ccnc3)c([N+](=O)[O-])c2)N(C)C)cc1. The number of amides is 1. The Labute approximate surface area is 175 Å². The molecule has 1 amide bonds. The summed E-state index contributed by atoms with van der Waals surface area (Å²) in [5.74, 6) is -0.354. The Bertz CT molecular complexity index is 1010. The molecule has 1 heterocycles. The number of likely N-dealkylation sites (N-methyl/N-ethyl adjacent to an activating group) is 1. The fraction of sp³-hybridized carbons (Fsp3) is 0.273. The minimum Gasteiger partial charge on any atom is -0.350 e. The van der Waals surface area contributed by atoms with Crippen LogP contribution in [0.4, 0.5) is 5.69 Å². The molecule has 0 spiro atoms. The maximum absolute atomic E-state index is 12.7. The summed E-state index contributed by atoms with van der Waals surface area (Å²) in [6.07, 6.45) is 5.61. The number of nitro groups is 1. The van der Waals surface area contributed by atoms with Crippen molar-refractivity contribution in [3.05, 3.63) is 88.0 Å². The van der Waals surface area contributed by atoms with E-state index in [1.54, 1.807) is 29.1 Å². The average molecular weight is 407 g/mol. The normalized spacial score (nSPS) is 12.0. The topological polar surface area (TPSA) is 93.3 Å². The number of nitrogens with one attached hydrogen (secondary N) is 1. The summed E-state index contributed by atoms with van der Waals surface area (Å²) < 4.78 is 1.54. The highest BCUT2D eigenvalue weighted by atomic mass is 16.6. The van der Waals surface area contributed by atoms with Gasteiger partial charge < -0.3 is 14.8 Å². The number of hydrogen-bond acceptors (Lipinski definition) is 5. The van der Waals surface area contributed by atoms with E-state index in [9.17, 15) is 14.9 Å². The van der Waals surface area contributed by atoms with Crippen molar-refractivity contribution in [2.75, 3.05) is 20.6 Å². The molecule has 8 nitrogen and oxygen atoms in total. The van der Waals surface area contributed by atoms with Crippen molar-refractivity contribution in [3.63, 3.8) is 0 Å². The first-order valence-electron chi connectivity index (χ1n) is 9.71. The lowest BCUT2D eigenvalue weighted by molar-refractivity contribution is -0.384. The molecule has 0 aliphatic rings. The molecule has 3 rings (SSSR count). The number of nitrogens with zero attached hydrogens (tertiary/aromatic N) is 4. The van der Waals surface area contributed by atoms with E-state index in [1.807, 2.05) is 19.0 Å². The second kappa shape index (κ2) is 9.32. The Morgan fingerprint density at radius 3 is 2.53 bits per heavy atom. The zero-order chi connectivity index (χ0) is 21.7. The van der Waals surface area contributed by atoms with Crippen molar-refractivity contribution in [1.82, 2.24) is 19.8 Å². The van der Waals surface area contributed by atoms with Gasteiger partial charge in [0.2, 0.25) is 0 Å². The summed E-state index contributed by atoms with van der Waals surface area (Å²) in [7, 11) is 3.91. The van der Waals surface area contributed by atoms with Gasteiger partial charge in [-0.05, 0) is 43.8 Å². The molecule has 1 atom stereocenters. The van der Waals surface area contributed by atoms with Crippen LogP contribution >= 0.6 is 0 Å². The molecule has 3 aromatic rings. The van der Waals surface area contributed by atoms with Gasteiger partial charge in [-0.3, -0.25) is 14.9 Å². The predicted octanol–water partition coefficient (Wildman–Crippen LogP) is 3.38. The molecule has 0 aliphatic carbocycles. The standard InChI is InChI=1S/C22H25N5O3/c1-4-16-5-7-17(8-6-16)21(25(2)3)14-24-22(28)18-9-10-19(20(13-18)27(29)30)26-12-11-23-15-26/h5-13,15,21H,4,14H2,1-3H3,(H,24,28). The number of imidazole rings is 1. The molecule has 0 saturated heterocycles. The number of carbonyl (C=O) groups excluding carboxylic acids is 1. The zero-order valence-corrected chi connectivity index (χ0v) is 17.3. The molecular formula is C22H25N5O3. The van der Waals surface area contributed by atoms with Gasteiger partial charge in [0.05, 0.1) is 17.3 Å². The van der Waals surface area contributed by atoms with Crippen LogP contribution in [0, 0.1) is 10.1 Å². The van der Waals surface area contributed by atoms with Crippen molar-refractivity contribution in [2.24, 2.45) is 0 Å². The van der Waals surface area contributed by atoms with Gasteiger partial charge in [0, 0.05) is 30.6 Å². The summed E-state index contributed by atoms with van der Waals surface area (Å²) in [6, 6.07) is 12.7. The molecule has 0 saturated carbocycles. The Morgan fingerprint density at radius 2 is 1.97 bits per heavy atom. The predicted molar refractivity (Wildman–Crippen MR) is 115 cm³/mol. The number of carbonyl (C=O) groups is 1. The smallest absolute Gasteiger partial charge is 0.294 e. The Morgan fingerprint density at radius 1 is 1.23 bits per heavy atom. The quantitative estimate of drug-likeness (QED) is 0.456. The molecule has 2 aromatic carbocycles. The third-order valence-corrected chi connectivity index (χ3v) is 5.07. The largest absolute Gasteiger partial charge is 0.350 e. The Hall–Kier alpha value is -3.52. The molecule has 1 N–H and O–H groups in total. The summed E-state index contributed by atoms with van der Waals surface area (Å²) in [4.78, 5) is 29.7. The lowest BCUT2D eigenvalue weighted by Crippen LogP contribution is -2.34. The van der Waals surface area contributed by atoms with Crippen molar-refractivity contribution in [2.45, 2.75) is 19.4 Å². The highest BCUT2D eigenvalue weighted by Gasteiger charge is 2.20. The molecule has 156 valence electrons. The van der Waals surface area contributed by atoms with E-state index in [4.69, 9.17) is 0 Å². The van der Waals surface area contributed by atoms with Crippen LogP contribution in [-0.2, 0) is 6.42 Å². The minimum absolute atomic E-state index is 0.0138. The number of benzene rings is 2. The van der Waals surface area contributed by atoms with Crippen molar-refractivity contribution >= 4 is 11.6 Å². The maximum Gasteiger partial charge on any atom is 0.294 e. The molecule has 8 heteroatoms. The molecular weight excluding hydrogens is 382 g/mol. The highest BCUT2D eigenvalue weighted by Crippen LogP contribution is 2.24. The number of nitro benzene ring substituents is 1. The summed E-state index contributed by atoms with van der Waals surface area (Å²) >= 11 is 0. The first-order chi connectivity index (χ1) is 14.4. The Kier molecular flexibility index (Phi) is 6.58. The summed E-state index contributed by atoms with van der Waals surface area (Å²) in [6.45, 7) is 2.49. The minimum atomic E-state index is -0.496. The average Bonchev–Trinajstić information content (AvgIpc) is 3.28. The summed E-state index contributed by atoms with van der Waals surface area (Å²) in [5, 5.41) is 14.4. The first kappa shape index (κ1) is 21.2. The van der Waals surface area contributed by atoms with Gasteiger partial charge in [-0.25, -0.2) is 4.98 Å². The van der Waals surface area contributed by atoms with Crippen LogP contribution in [0.1, 0.15) is 34.5 Å². The monoisotopic (exact) mass is 407 g/mol. The van der Waals surface area contributed by atoms with Gasteiger partial charge in [-0.15, -0.1) is 0 Å². The second-order valence-corrected chi connectivity index (χ2v) is 7.22. The van der Waals surface area contributed by atoms with Gasteiger partial charge >= 0.3 is 0 Å². The number of aryl methyl sites for hydroxylation is 1. The van der Waals surface area contributed by atoms with Gasteiger partial charge in [0.25, 0.3) is 11.6 Å². The van der Waals surface area contributed by atoms with E-state index in [0.717, 1.165) is 12.0 Å². The van der Waals surface area contributed by atoms with Gasteiger partial charge in [-0.1, -0.05) is 31.2 Å². The van der Waals surface area contributed by atoms with E-state index in [2.05, 4.69) is 41.5 Å². The molecule has 1 aromatic heterocycles. The number of aromatic nitrogens is 2. The fourth-order valence-corrected chi connectivity index (χ4v) is 3.30. The van der Waals surface area contributed by atoms with Crippen LogP contribution in [0.3, 0.4) is 0 Å². The number of rotatable bonds is 8. The van der Waals surface area contributed by atoms with Gasteiger partial charge in [0.1, 0.15) is 5.69 Å². The van der Waals surface area contributed by atoms with E-state index >= 15 is 0 Å². The van der Waals surface area contributed by atoms with Crippen LogP contribution in [0.25, 0.3) is 5.69 Å². The highest BCUT2D eigenvalue weighted by molar-refractivity contribution is 5.95. The first-order valence-corrected chi connectivity index (χ1v) is 9.71. The van der Waals surface area contributed by atoms with Gasteiger partial charge in [0.15, 0.2) is 0 Å².